The summed E-state index contributed by atoms with van der Waals surface area (Å²) in [6, 6.07) is 5.26. The summed E-state index contributed by atoms with van der Waals surface area (Å²) in [5.74, 6) is -0.207. The second-order valence-electron chi connectivity index (χ2n) is 4.74. The summed E-state index contributed by atoms with van der Waals surface area (Å²) < 4.78 is 19.5. The highest BCUT2D eigenvalue weighted by atomic mass is 79.9. The highest BCUT2D eigenvalue weighted by Gasteiger charge is 2.23. The van der Waals surface area contributed by atoms with E-state index in [1.54, 1.807) is 0 Å². The largest absolute Gasteiger partial charge is 0.378 e. The van der Waals surface area contributed by atoms with Crippen molar-refractivity contribution in [1.29, 1.82) is 0 Å². The maximum Gasteiger partial charge on any atom is 0.124 e. The van der Waals surface area contributed by atoms with Crippen molar-refractivity contribution in [3.63, 3.8) is 0 Å². The third-order valence-corrected chi connectivity index (χ3v) is 4.11. The van der Waals surface area contributed by atoms with Crippen LogP contribution in [0.2, 0.25) is 0 Å². The molecule has 106 valence electrons. The van der Waals surface area contributed by atoms with Crippen molar-refractivity contribution in [2.24, 2.45) is 0 Å². The number of hydrogen-bond donors (Lipinski definition) is 1. The van der Waals surface area contributed by atoms with Crippen LogP contribution >= 0.6 is 15.9 Å². The summed E-state index contributed by atoms with van der Waals surface area (Å²) in [6.07, 6.45) is 0. The summed E-state index contributed by atoms with van der Waals surface area (Å²) in [5, 5.41) is 3.36. The number of likely N-dealkylation sites (N-methyl/N-ethyl adjacent to an activating group) is 1. The average Bonchev–Trinajstić information content (AvgIpc) is 2.41. The van der Waals surface area contributed by atoms with Crippen LogP contribution in [0.25, 0.3) is 0 Å². The molecular formula is C14H20BrFN2O. The van der Waals surface area contributed by atoms with Gasteiger partial charge in [-0.15, -0.1) is 0 Å². The summed E-state index contributed by atoms with van der Waals surface area (Å²) in [5.41, 5.74) is 1.12. The number of morpholine rings is 1. The Morgan fingerprint density at radius 2 is 2.37 bits per heavy atom. The number of hydrogen-bond acceptors (Lipinski definition) is 3. The summed E-state index contributed by atoms with van der Waals surface area (Å²) in [6.45, 7) is 7.25. The Bertz CT molecular complexity index is 416. The molecule has 1 fully saturated rings. The molecule has 19 heavy (non-hydrogen) atoms. The van der Waals surface area contributed by atoms with Crippen LogP contribution in [0.4, 0.5) is 4.39 Å². The minimum absolute atomic E-state index is 0.207. The number of rotatable bonds is 5. The van der Waals surface area contributed by atoms with Crippen LogP contribution in [0.5, 0.6) is 0 Å². The second-order valence-corrected chi connectivity index (χ2v) is 5.60. The van der Waals surface area contributed by atoms with Crippen LogP contribution in [0, 0.1) is 5.82 Å². The van der Waals surface area contributed by atoms with Gasteiger partial charge in [-0.2, -0.15) is 0 Å². The maximum absolute atomic E-state index is 13.1. The fourth-order valence-corrected chi connectivity index (χ4v) is 2.74. The van der Waals surface area contributed by atoms with E-state index in [9.17, 15) is 4.39 Å². The van der Waals surface area contributed by atoms with Crippen LogP contribution in [-0.2, 0) is 11.3 Å². The molecule has 3 nitrogen and oxygen atoms in total. The Hall–Kier alpha value is -0.490. The Kier molecular flexibility index (Phi) is 5.76. The van der Waals surface area contributed by atoms with E-state index < -0.39 is 0 Å². The smallest absolute Gasteiger partial charge is 0.124 e. The van der Waals surface area contributed by atoms with Crippen LogP contribution in [0.1, 0.15) is 12.5 Å². The van der Waals surface area contributed by atoms with Crippen molar-refractivity contribution >= 4 is 15.9 Å². The Morgan fingerprint density at radius 1 is 1.53 bits per heavy atom. The normalized spacial score (nSPS) is 20.7. The third-order valence-electron chi connectivity index (χ3n) is 3.37. The molecule has 0 saturated carbocycles. The minimum Gasteiger partial charge on any atom is -0.378 e. The number of ether oxygens (including phenoxy) is 1. The van der Waals surface area contributed by atoms with Gasteiger partial charge in [0.25, 0.3) is 0 Å². The maximum atomic E-state index is 13.1. The van der Waals surface area contributed by atoms with Gasteiger partial charge in [-0.3, -0.25) is 4.90 Å². The van der Waals surface area contributed by atoms with Crippen LogP contribution in [0.15, 0.2) is 22.7 Å². The van der Waals surface area contributed by atoms with E-state index in [0.717, 1.165) is 49.4 Å². The van der Waals surface area contributed by atoms with Gasteiger partial charge in [0.2, 0.25) is 0 Å². The zero-order chi connectivity index (χ0) is 13.7. The Balaban J connectivity index is 2.02. The fraction of sp³-hybridized carbons (Fsp3) is 0.571. The standard InChI is InChI=1S/C14H20BrFN2O/c1-2-17-8-13-10-19-6-5-18(13)9-11-3-4-12(16)7-14(11)15/h3-4,7,13,17H,2,5-6,8-10H2,1H3. The van der Waals surface area contributed by atoms with E-state index in [1.165, 1.54) is 12.1 Å². The first-order valence-electron chi connectivity index (χ1n) is 6.67. The predicted octanol–water partition coefficient (Wildman–Crippen LogP) is 2.40. The number of halogens is 2. The highest BCUT2D eigenvalue weighted by molar-refractivity contribution is 9.10. The number of nitrogens with zero attached hydrogens (tertiary/aromatic N) is 1. The van der Waals surface area contributed by atoms with Crippen LogP contribution in [0.3, 0.4) is 0 Å². The van der Waals surface area contributed by atoms with Gasteiger partial charge in [0.15, 0.2) is 0 Å². The molecule has 0 spiro atoms. The van der Waals surface area contributed by atoms with Crippen molar-refractivity contribution < 1.29 is 9.13 Å². The van der Waals surface area contributed by atoms with E-state index in [1.807, 2.05) is 6.07 Å². The van der Waals surface area contributed by atoms with Gasteiger partial charge in [-0.25, -0.2) is 4.39 Å². The van der Waals surface area contributed by atoms with Crippen molar-refractivity contribution in [1.82, 2.24) is 10.2 Å². The lowest BCUT2D eigenvalue weighted by Crippen LogP contribution is -2.49. The molecule has 5 heteroatoms. The number of nitrogens with one attached hydrogen (secondary N) is 1. The van der Waals surface area contributed by atoms with Crippen molar-refractivity contribution in [3.8, 4) is 0 Å². The lowest BCUT2D eigenvalue weighted by molar-refractivity contribution is -0.0108. The molecule has 1 aromatic carbocycles. The molecule has 1 atom stereocenters. The van der Waals surface area contributed by atoms with E-state index >= 15 is 0 Å². The Labute approximate surface area is 122 Å². The van der Waals surface area contributed by atoms with Gasteiger partial charge in [0.05, 0.1) is 13.2 Å². The molecule has 1 saturated heterocycles. The van der Waals surface area contributed by atoms with E-state index in [-0.39, 0.29) is 5.82 Å². The van der Waals surface area contributed by atoms with E-state index in [0.29, 0.717) is 6.04 Å². The summed E-state index contributed by atoms with van der Waals surface area (Å²) in [4.78, 5) is 2.39. The molecule has 0 aromatic heterocycles. The lowest BCUT2D eigenvalue weighted by atomic mass is 10.1. The monoisotopic (exact) mass is 330 g/mol. The van der Waals surface area contributed by atoms with Gasteiger partial charge >= 0.3 is 0 Å². The zero-order valence-corrected chi connectivity index (χ0v) is 12.7. The molecule has 0 radical (unpaired) electrons. The van der Waals surface area contributed by atoms with Crippen molar-refractivity contribution in [3.05, 3.63) is 34.1 Å². The molecule has 0 bridgehead atoms. The first-order chi connectivity index (χ1) is 9.20. The van der Waals surface area contributed by atoms with Gasteiger partial charge in [-0.1, -0.05) is 28.9 Å². The predicted molar refractivity (Wildman–Crippen MR) is 77.7 cm³/mol. The van der Waals surface area contributed by atoms with Gasteiger partial charge in [0.1, 0.15) is 5.82 Å². The quantitative estimate of drug-likeness (QED) is 0.897. The van der Waals surface area contributed by atoms with Crippen LogP contribution < -0.4 is 5.32 Å². The van der Waals surface area contributed by atoms with E-state index in [2.05, 4.69) is 33.1 Å². The molecule has 1 N–H and O–H groups in total. The third kappa shape index (κ3) is 4.24. The van der Waals surface area contributed by atoms with Crippen molar-refractivity contribution in [2.75, 3.05) is 32.8 Å². The van der Waals surface area contributed by atoms with Gasteiger partial charge in [0, 0.05) is 30.1 Å². The molecule has 1 aromatic rings. The van der Waals surface area contributed by atoms with Gasteiger partial charge in [-0.05, 0) is 24.2 Å². The Morgan fingerprint density at radius 3 is 3.11 bits per heavy atom. The average molecular weight is 331 g/mol. The molecular weight excluding hydrogens is 311 g/mol. The molecule has 0 aliphatic carbocycles. The molecule has 0 amide bonds. The zero-order valence-electron chi connectivity index (χ0n) is 11.2. The molecule has 1 aliphatic heterocycles. The summed E-state index contributed by atoms with van der Waals surface area (Å²) >= 11 is 3.43. The first kappa shape index (κ1) is 14.9. The first-order valence-corrected chi connectivity index (χ1v) is 7.46. The van der Waals surface area contributed by atoms with Gasteiger partial charge < -0.3 is 10.1 Å². The molecule has 2 rings (SSSR count). The molecule has 1 unspecified atom stereocenters. The molecule has 1 heterocycles. The summed E-state index contributed by atoms with van der Waals surface area (Å²) in [7, 11) is 0. The fourth-order valence-electron chi connectivity index (χ4n) is 2.27. The van der Waals surface area contributed by atoms with Crippen molar-refractivity contribution in [2.45, 2.75) is 19.5 Å². The minimum atomic E-state index is -0.207. The molecule has 1 aliphatic rings. The number of benzene rings is 1. The second kappa shape index (κ2) is 7.33. The van der Waals surface area contributed by atoms with E-state index in [4.69, 9.17) is 4.74 Å². The highest BCUT2D eigenvalue weighted by Crippen LogP contribution is 2.21. The SMILES string of the molecule is CCNCC1COCCN1Cc1ccc(F)cc1Br. The van der Waals surface area contributed by atoms with Crippen LogP contribution in [-0.4, -0.2) is 43.8 Å². The topological polar surface area (TPSA) is 24.5 Å². The lowest BCUT2D eigenvalue weighted by Gasteiger charge is -2.36.